The number of ether oxygens (including phenoxy) is 1. The van der Waals surface area contributed by atoms with Gasteiger partial charge in [0.2, 0.25) is 0 Å². The van der Waals surface area contributed by atoms with Crippen molar-refractivity contribution in [2.24, 2.45) is 0 Å². The van der Waals surface area contributed by atoms with E-state index in [1.54, 1.807) is 6.92 Å². The Hall–Kier alpha value is -1.51. The van der Waals surface area contributed by atoms with Gasteiger partial charge in [0.05, 0.1) is 6.61 Å². The van der Waals surface area contributed by atoms with Crippen LogP contribution in [0.25, 0.3) is 0 Å². The molecule has 0 unspecified atom stereocenters. The third-order valence-corrected chi connectivity index (χ3v) is 1.91. The Bertz CT molecular complexity index is 334. The van der Waals surface area contributed by atoms with Crippen LogP contribution in [0.2, 0.25) is 0 Å². The summed E-state index contributed by atoms with van der Waals surface area (Å²) in [4.78, 5) is 11.1. The van der Waals surface area contributed by atoms with Gasteiger partial charge in [0, 0.05) is 5.69 Å². The molecule has 0 saturated carbocycles. The van der Waals surface area contributed by atoms with Gasteiger partial charge >= 0.3 is 6.09 Å². The maximum atomic E-state index is 11.1. The second kappa shape index (κ2) is 4.65. The number of hydrogen-bond donors (Lipinski definition) is 1. The number of aryl methyl sites for hydroxylation is 2. The SMILES string of the molecule is CCOC(=O)Nc1cc(C)ccc1C. The van der Waals surface area contributed by atoms with Gasteiger partial charge in [-0.2, -0.15) is 0 Å². The van der Waals surface area contributed by atoms with Crippen LogP contribution in [0, 0.1) is 13.8 Å². The molecule has 1 amide bonds. The summed E-state index contributed by atoms with van der Waals surface area (Å²) in [6.07, 6.45) is -0.402. The van der Waals surface area contributed by atoms with Gasteiger partial charge in [0.1, 0.15) is 0 Å². The summed E-state index contributed by atoms with van der Waals surface area (Å²) in [6.45, 7) is 6.09. The van der Waals surface area contributed by atoms with Gasteiger partial charge in [-0.25, -0.2) is 4.79 Å². The zero-order chi connectivity index (χ0) is 10.6. The molecule has 0 radical (unpaired) electrons. The summed E-state index contributed by atoms with van der Waals surface area (Å²) < 4.78 is 4.79. The fraction of sp³-hybridized carbons (Fsp3) is 0.364. The minimum absolute atomic E-state index is 0.386. The monoisotopic (exact) mass is 193 g/mol. The Balaban J connectivity index is 2.75. The zero-order valence-electron chi connectivity index (χ0n) is 8.76. The molecule has 0 fully saturated rings. The van der Waals surface area contributed by atoms with Crippen LogP contribution in [0.4, 0.5) is 10.5 Å². The molecule has 0 aromatic heterocycles. The van der Waals surface area contributed by atoms with Crippen molar-refractivity contribution in [3.63, 3.8) is 0 Å². The number of amides is 1. The van der Waals surface area contributed by atoms with Gasteiger partial charge in [-0.05, 0) is 38.0 Å². The Kier molecular flexibility index (Phi) is 3.51. The van der Waals surface area contributed by atoms with Crippen molar-refractivity contribution in [3.05, 3.63) is 29.3 Å². The Morgan fingerprint density at radius 3 is 2.79 bits per heavy atom. The predicted octanol–water partition coefficient (Wildman–Crippen LogP) is 2.87. The van der Waals surface area contributed by atoms with E-state index in [-0.39, 0.29) is 0 Å². The molecule has 1 N–H and O–H groups in total. The van der Waals surface area contributed by atoms with E-state index in [9.17, 15) is 4.79 Å². The summed E-state index contributed by atoms with van der Waals surface area (Å²) >= 11 is 0. The minimum atomic E-state index is -0.402. The van der Waals surface area contributed by atoms with Crippen LogP contribution < -0.4 is 5.32 Å². The molecule has 0 bridgehead atoms. The van der Waals surface area contributed by atoms with E-state index in [0.29, 0.717) is 6.61 Å². The largest absolute Gasteiger partial charge is 0.450 e. The Labute approximate surface area is 84.1 Å². The lowest BCUT2D eigenvalue weighted by molar-refractivity contribution is 0.168. The summed E-state index contributed by atoms with van der Waals surface area (Å²) in [5.74, 6) is 0. The van der Waals surface area contributed by atoms with Gasteiger partial charge in [-0.15, -0.1) is 0 Å². The maximum absolute atomic E-state index is 11.1. The molecule has 0 atom stereocenters. The van der Waals surface area contributed by atoms with Crippen LogP contribution in [-0.4, -0.2) is 12.7 Å². The van der Waals surface area contributed by atoms with Crippen LogP contribution in [-0.2, 0) is 4.74 Å². The molecule has 0 aliphatic rings. The van der Waals surface area contributed by atoms with Crippen molar-refractivity contribution in [3.8, 4) is 0 Å². The lowest BCUT2D eigenvalue weighted by Crippen LogP contribution is -2.14. The van der Waals surface area contributed by atoms with Crippen molar-refractivity contribution in [2.75, 3.05) is 11.9 Å². The Morgan fingerprint density at radius 2 is 2.14 bits per heavy atom. The van der Waals surface area contributed by atoms with Gasteiger partial charge in [-0.1, -0.05) is 12.1 Å². The Morgan fingerprint density at radius 1 is 1.43 bits per heavy atom. The van der Waals surface area contributed by atoms with Crippen molar-refractivity contribution >= 4 is 11.8 Å². The third-order valence-electron chi connectivity index (χ3n) is 1.91. The van der Waals surface area contributed by atoms with E-state index >= 15 is 0 Å². The molecule has 3 heteroatoms. The van der Waals surface area contributed by atoms with Crippen LogP contribution in [0.15, 0.2) is 18.2 Å². The van der Waals surface area contributed by atoms with Crippen LogP contribution in [0.1, 0.15) is 18.1 Å². The first kappa shape index (κ1) is 10.6. The molecule has 0 aliphatic heterocycles. The quantitative estimate of drug-likeness (QED) is 0.784. The summed E-state index contributed by atoms with van der Waals surface area (Å²) in [7, 11) is 0. The minimum Gasteiger partial charge on any atom is -0.450 e. The molecular formula is C11H15NO2. The van der Waals surface area contributed by atoms with Crippen LogP contribution in [0.5, 0.6) is 0 Å². The molecule has 1 rings (SSSR count). The molecule has 0 saturated heterocycles. The van der Waals surface area contributed by atoms with Crippen molar-refractivity contribution in [1.82, 2.24) is 0 Å². The third kappa shape index (κ3) is 2.76. The molecular weight excluding hydrogens is 178 g/mol. The number of benzene rings is 1. The summed E-state index contributed by atoms with van der Waals surface area (Å²) in [6, 6.07) is 5.90. The van der Waals surface area contributed by atoms with E-state index in [1.807, 2.05) is 32.0 Å². The second-order valence-electron chi connectivity index (χ2n) is 3.16. The second-order valence-corrected chi connectivity index (χ2v) is 3.16. The van der Waals surface area contributed by atoms with Gasteiger partial charge in [0.25, 0.3) is 0 Å². The van der Waals surface area contributed by atoms with E-state index < -0.39 is 6.09 Å². The van der Waals surface area contributed by atoms with E-state index in [4.69, 9.17) is 4.74 Å². The molecule has 0 spiro atoms. The van der Waals surface area contributed by atoms with Gasteiger partial charge < -0.3 is 4.74 Å². The van der Waals surface area contributed by atoms with E-state index in [2.05, 4.69) is 5.32 Å². The lowest BCUT2D eigenvalue weighted by atomic mass is 10.1. The maximum Gasteiger partial charge on any atom is 0.411 e. The smallest absolute Gasteiger partial charge is 0.411 e. The molecule has 1 aromatic rings. The first-order valence-electron chi connectivity index (χ1n) is 4.64. The summed E-state index contributed by atoms with van der Waals surface area (Å²) in [5, 5.41) is 2.69. The van der Waals surface area contributed by atoms with Crippen molar-refractivity contribution < 1.29 is 9.53 Å². The molecule has 0 aliphatic carbocycles. The number of carbonyl (C=O) groups excluding carboxylic acids is 1. The number of anilines is 1. The van der Waals surface area contributed by atoms with Crippen LogP contribution >= 0.6 is 0 Å². The lowest BCUT2D eigenvalue weighted by Gasteiger charge is -2.08. The summed E-state index contributed by atoms with van der Waals surface area (Å²) in [5.41, 5.74) is 2.95. The fourth-order valence-corrected chi connectivity index (χ4v) is 1.15. The average molecular weight is 193 g/mol. The first-order valence-corrected chi connectivity index (χ1v) is 4.64. The molecule has 1 aromatic carbocycles. The molecule has 0 heterocycles. The zero-order valence-corrected chi connectivity index (χ0v) is 8.76. The fourth-order valence-electron chi connectivity index (χ4n) is 1.15. The molecule has 14 heavy (non-hydrogen) atoms. The van der Waals surface area contributed by atoms with E-state index in [0.717, 1.165) is 16.8 Å². The van der Waals surface area contributed by atoms with E-state index in [1.165, 1.54) is 0 Å². The first-order chi connectivity index (χ1) is 6.63. The van der Waals surface area contributed by atoms with Gasteiger partial charge in [0.15, 0.2) is 0 Å². The highest BCUT2D eigenvalue weighted by atomic mass is 16.5. The molecule has 76 valence electrons. The highest BCUT2D eigenvalue weighted by molar-refractivity contribution is 5.85. The number of carbonyl (C=O) groups is 1. The van der Waals surface area contributed by atoms with Crippen molar-refractivity contribution in [2.45, 2.75) is 20.8 Å². The van der Waals surface area contributed by atoms with Crippen LogP contribution in [0.3, 0.4) is 0 Å². The molecule has 3 nitrogen and oxygen atoms in total. The van der Waals surface area contributed by atoms with Crippen molar-refractivity contribution in [1.29, 1.82) is 0 Å². The number of rotatable bonds is 2. The normalized spacial score (nSPS) is 9.64. The average Bonchev–Trinajstić information content (AvgIpc) is 2.12. The number of nitrogens with one attached hydrogen (secondary N) is 1. The standard InChI is InChI=1S/C11H15NO2/c1-4-14-11(13)12-10-7-8(2)5-6-9(10)3/h5-7H,4H2,1-3H3,(H,12,13). The number of hydrogen-bond acceptors (Lipinski definition) is 2. The predicted molar refractivity (Wildman–Crippen MR) is 56.6 cm³/mol. The van der Waals surface area contributed by atoms with Gasteiger partial charge in [-0.3, -0.25) is 5.32 Å². The topological polar surface area (TPSA) is 38.3 Å². The highest BCUT2D eigenvalue weighted by Gasteiger charge is 2.04. The highest BCUT2D eigenvalue weighted by Crippen LogP contribution is 2.16.